The molecule has 242 valence electrons. The SMILES string of the molecule is C[C@@H](CCCN(C)/C=N\c1cc(-c2ncc(C(F)(F)F)c(N3CC(O)C3)n2)c(F)cc1C=O)Nc1cn[nH]c(=O)c1C(F)(F)F. The number of benzene rings is 1. The summed E-state index contributed by atoms with van der Waals surface area (Å²) in [6.45, 7) is 1.79. The highest BCUT2D eigenvalue weighted by Gasteiger charge is 2.40. The first kappa shape index (κ1) is 33.3. The number of hydrogen-bond acceptors (Lipinski definition) is 9. The number of halogens is 7. The number of aliphatic hydroxyl groups is 1. The molecule has 0 radical (unpaired) electrons. The lowest BCUT2D eigenvalue weighted by molar-refractivity contribution is -0.138. The molecule has 1 aromatic carbocycles. The molecule has 3 heterocycles. The molecule has 0 unspecified atom stereocenters. The number of rotatable bonds is 11. The van der Waals surface area contributed by atoms with Gasteiger partial charge in [0.15, 0.2) is 12.1 Å². The van der Waals surface area contributed by atoms with Crippen molar-refractivity contribution in [2.24, 2.45) is 4.99 Å². The van der Waals surface area contributed by atoms with Crippen LogP contribution >= 0.6 is 0 Å². The maximum atomic E-state index is 15.0. The molecular weight excluding hydrogens is 617 g/mol. The van der Waals surface area contributed by atoms with Gasteiger partial charge in [0.05, 0.1) is 35.6 Å². The Balaban J connectivity index is 1.46. The molecule has 45 heavy (non-hydrogen) atoms. The van der Waals surface area contributed by atoms with E-state index < -0.39 is 58.5 Å². The number of carbonyl (C=O) groups excluding carboxylic acids is 1. The van der Waals surface area contributed by atoms with Crippen molar-refractivity contribution in [1.29, 1.82) is 0 Å². The molecule has 3 N–H and O–H groups in total. The third-order valence-corrected chi connectivity index (χ3v) is 6.80. The summed E-state index contributed by atoms with van der Waals surface area (Å²) in [5.74, 6) is -1.87. The van der Waals surface area contributed by atoms with Crippen LogP contribution in [0.25, 0.3) is 11.4 Å². The number of aldehydes is 1. The Morgan fingerprint density at radius 2 is 1.91 bits per heavy atom. The van der Waals surface area contributed by atoms with Crippen LogP contribution in [0.3, 0.4) is 0 Å². The number of carbonyl (C=O) groups is 1. The fraction of sp³-hybridized carbons (Fsp3) is 0.407. The quantitative estimate of drug-likeness (QED) is 0.121. The molecule has 0 spiro atoms. The number of H-pyrrole nitrogens is 1. The summed E-state index contributed by atoms with van der Waals surface area (Å²) in [7, 11) is 1.63. The zero-order chi connectivity index (χ0) is 33.1. The summed E-state index contributed by atoms with van der Waals surface area (Å²) in [5.41, 5.74) is -4.82. The van der Waals surface area contributed by atoms with E-state index in [4.69, 9.17) is 0 Å². The van der Waals surface area contributed by atoms with E-state index in [-0.39, 0.29) is 35.7 Å². The fourth-order valence-corrected chi connectivity index (χ4v) is 4.52. The number of hydrogen-bond donors (Lipinski definition) is 3. The van der Waals surface area contributed by atoms with Gasteiger partial charge in [0.25, 0.3) is 5.56 Å². The summed E-state index contributed by atoms with van der Waals surface area (Å²) < 4.78 is 95.4. The highest BCUT2D eigenvalue weighted by Crippen LogP contribution is 2.38. The molecular formula is C27H27F7N8O3. The second kappa shape index (κ2) is 13.2. The molecule has 1 atom stereocenters. The minimum absolute atomic E-state index is 0.0193. The summed E-state index contributed by atoms with van der Waals surface area (Å²) in [6, 6.07) is 1.50. The Morgan fingerprint density at radius 1 is 1.20 bits per heavy atom. The Labute approximate surface area is 250 Å². The monoisotopic (exact) mass is 644 g/mol. The van der Waals surface area contributed by atoms with Gasteiger partial charge in [0.2, 0.25) is 0 Å². The standard InChI is InChI=1S/C27H27F7N8O3/c1-14(38-21-9-37-40-25(45)22(21)27(32,33)34)4-3-5-41(2)13-36-20-7-17(19(28)6-15(20)12-43)23-35-8-18(26(29,30)31)24(39-23)42-10-16(44)11-42/h6-9,12-14,16,44H,3-5,10-11H2,1-2H3,(H2,38,40,45)/b36-13-/t14-/m0/s1. The van der Waals surface area contributed by atoms with E-state index in [1.165, 1.54) is 11.2 Å². The van der Waals surface area contributed by atoms with Gasteiger partial charge in [-0.1, -0.05) is 0 Å². The number of anilines is 2. The van der Waals surface area contributed by atoms with E-state index in [0.29, 0.717) is 31.9 Å². The number of aromatic nitrogens is 4. The van der Waals surface area contributed by atoms with Crippen LogP contribution in [0.4, 0.5) is 47.9 Å². The molecule has 1 saturated heterocycles. The highest BCUT2D eigenvalue weighted by molar-refractivity contribution is 5.86. The van der Waals surface area contributed by atoms with Crippen molar-refractivity contribution in [2.45, 2.75) is 44.3 Å². The van der Waals surface area contributed by atoms with Gasteiger partial charge in [-0.2, -0.15) is 31.4 Å². The summed E-state index contributed by atoms with van der Waals surface area (Å²) in [6.07, 6.45) is -6.59. The number of alkyl halides is 6. The van der Waals surface area contributed by atoms with Crippen LogP contribution in [0.2, 0.25) is 0 Å². The molecule has 1 aliphatic heterocycles. The van der Waals surface area contributed by atoms with Gasteiger partial charge in [-0.15, -0.1) is 0 Å². The van der Waals surface area contributed by atoms with E-state index in [1.54, 1.807) is 24.0 Å². The van der Waals surface area contributed by atoms with E-state index in [1.807, 2.05) is 0 Å². The molecule has 0 aliphatic carbocycles. The van der Waals surface area contributed by atoms with Crippen LogP contribution in [0.1, 0.15) is 41.3 Å². The van der Waals surface area contributed by atoms with Crippen LogP contribution < -0.4 is 15.8 Å². The predicted molar refractivity (Wildman–Crippen MR) is 149 cm³/mol. The number of aliphatic imine (C=N–C) groups is 1. The zero-order valence-corrected chi connectivity index (χ0v) is 23.7. The fourth-order valence-electron chi connectivity index (χ4n) is 4.52. The van der Waals surface area contributed by atoms with Gasteiger partial charge < -0.3 is 20.2 Å². The van der Waals surface area contributed by atoms with Gasteiger partial charge in [-0.25, -0.2) is 24.4 Å². The predicted octanol–water partition coefficient (Wildman–Crippen LogP) is 4.27. The average Bonchev–Trinajstić information content (AvgIpc) is 2.93. The number of nitrogens with one attached hydrogen (secondary N) is 2. The number of β-amino-alcohol motifs (C(OH)–C–C–N with tert-alkyl or cyclic N) is 1. The van der Waals surface area contributed by atoms with E-state index in [9.17, 15) is 45.4 Å². The van der Waals surface area contributed by atoms with Crippen molar-refractivity contribution < 1.29 is 40.6 Å². The summed E-state index contributed by atoms with van der Waals surface area (Å²) >= 11 is 0. The van der Waals surface area contributed by atoms with Gasteiger partial charge in [0.1, 0.15) is 22.8 Å². The molecule has 11 nitrogen and oxygen atoms in total. The summed E-state index contributed by atoms with van der Waals surface area (Å²) in [5, 5.41) is 17.4. The number of aliphatic hydroxyl groups excluding tert-OH is 1. The first-order chi connectivity index (χ1) is 21.1. The average molecular weight is 645 g/mol. The van der Waals surface area contributed by atoms with Crippen molar-refractivity contribution in [3.05, 3.63) is 57.4 Å². The second-order valence-electron chi connectivity index (χ2n) is 10.4. The number of nitrogens with zero attached hydrogens (tertiary/aromatic N) is 6. The van der Waals surface area contributed by atoms with Crippen molar-refractivity contribution >= 4 is 29.8 Å². The molecule has 0 saturated carbocycles. The third-order valence-electron chi connectivity index (χ3n) is 6.80. The molecule has 3 aromatic rings. The maximum Gasteiger partial charge on any atom is 0.423 e. The minimum Gasteiger partial charge on any atom is -0.389 e. The first-order valence-electron chi connectivity index (χ1n) is 13.4. The first-order valence-corrected chi connectivity index (χ1v) is 13.4. The number of aromatic amines is 1. The Kier molecular flexibility index (Phi) is 9.74. The molecule has 2 aromatic heterocycles. The largest absolute Gasteiger partial charge is 0.423 e. The smallest absolute Gasteiger partial charge is 0.389 e. The van der Waals surface area contributed by atoms with Crippen LogP contribution in [0.15, 0.2) is 34.3 Å². The van der Waals surface area contributed by atoms with Crippen LogP contribution in [0, 0.1) is 5.82 Å². The lowest BCUT2D eigenvalue weighted by Crippen LogP contribution is -2.51. The van der Waals surface area contributed by atoms with E-state index in [0.717, 1.165) is 18.3 Å². The molecule has 1 fully saturated rings. The van der Waals surface area contributed by atoms with Gasteiger partial charge in [-0.3, -0.25) is 9.59 Å². The van der Waals surface area contributed by atoms with Gasteiger partial charge in [-0.05, 0) is 31.9 Å². The van der Waals surface area contributed by atoms with Crippen molar-refractivity contribution in [3.63, 3.8) is 0 Å². The van der Waals surface area contributed by atoms with Crippen LogP contribution in [-0.2, 0) is 12.4 Å². The van der Waals surface area contributed by atoms with Crippen molar-refractivity contribution in [2.75, 3.05) is 36.9 Å². The lowest BCUT2D eigenvalue weighted by Gasteiger charge is -2.38. The van der Waals surface area contributed by atoms with Crippen molar-refractivity contribution in [3.8, 4) is 11.4 Å². The normalized spacial score (nSPS) is 14.8. The second-order valence-corrected chi connectivity index (χ2v) is 10.4. The van der Waals surface area contributed by atoms with Crippen LogP contribution in [-0.4, -0.2) is 81.6 Å². The van der Waals surface area contributed by atoms with Gasteiger partial charge >= 0.3 is 12.4 Å². The maximum absolute atomic E-state index is 15.0. The Morgan fingerprint density at radius 3 is 2.53 bits per heavy atom. The Hall–Kier alpha value is -4.61. The van der Waals surface area contributed by atoms with E-state index >= 15 is 0 Å². The zero-order valence-electron chi connectivity index (χ0n) is 23.7. The van der Waals surface area contributed by atoms with E-state index in [2.05, 4.69) is 25.4 Å². The van der Waals surface area contributed by atoms with Crippen LogP contribution in [0.5, 0.6) is 0 Å². The summed E-state index contributed by atoms with van der Waals surface area (Å²) in [4.78, 5) is 37.9. The van der Waals surface area contributed by atoms with Crippen molar-refractivity contribution in [1.82, 2.24) is 25.1 Å². The topological polar surface area (TPSA) is 140 Å². The molecule has 18 heteroatoms. The molecule has 0 bridgehead atoms. The molecule has 4 rings (SSSR count). The van der Waals surface area contributed by atoms with Gasteiger partial charge in [0, 0.05) is 44.5 Å². The lowest BCUT2D eigenvalue weighted by atomic mass is 10.1. The highest BCUT2D eigenvalue weighted by atomic mass is 19.4. The Bertz CT molecular complexity index is 1620. The third kappa shape index (κ3) is 7.92. The molecule has 0 amide bonds. The molecule has 1 aliphatic rings. The minimum atomic E-state index is -4.88.